The van der Waals surface area contributed by atoms with Gasteiger partial charge >= 0.3 is 0 Å². The van der Waals surface area contributed by atoms with E-state index in [9.17, 15) is 0 Å². The van der Waals surface area contributed by atoms with E-state index in [4.69, 9.17) is 9.84 Å². The maximum absolute atomic E-state index is 8.62. The number of ether oxygens (including phenoxy) is 1. The molecule has 0 fully saturated rings. The molecule has 0 aliphatic heterocycles. The monoisotopic (exact) mass is 218 g/mol. The Morgan fingerprint density at radius 2 is 2.06 bits per heavy atom. The van der Waals surface area contributed by atoms with Crippen molar-refractivity contribution in [3.63, 3.8) is 0 Å². The molecule has 84 valence electrons. The average Bonchev–Trinajstić information content (AvgIpc) is 2.81. The van der Waals surface area contributed by atoms with Crippen LogP contribution in [-0.2, 0) is 6.54 Å². The van der Waals surface area contributed by atoms with Crippen molar-refractivity contribution in [3.8, 4) is 5.75 Å². The molecule has 4 nitrogen and oxygen atoms in total. The molecular formula is C12H14N2O2. The van der Waals surface area contributed by atoms with Crippen molar-refractivity contribution in [2.75, 3.05) is 13.2 Å². The van der Waals surface area contributed by atoms with E-state index in [-0.39, 0.29) is 6.61 Å². The first kappa shape index (κ1) is 10.7. The first-order valence-electron chi connectivity index (χ1n) is 5.18. The molecule has 1 N–H and O–H groups in total. The van der Waals surface area contributed by atoms with E-state index in [2.05, 4.69) is 5.10 Å². The summed E-state index contributed by atoms with van der Waals surface area (Å²) in [5, 5.41) is 12.8. The van der Waals surface area contributed by atoms with Crippen LogP contribution in [0.1, 0.15) is 5.56 Å². The fourth-order valence-corrected chi connectivity index (χ4v) is 1.44. The van der Waals surface area contributed by atoms with Gasteiger partial charge in [0.15, 0.2) is 0 Å². The van der Waals surface area contributed by atoms with Crippen LogP contribution in [0, 0.1) is 0 Å². The molecule has 0 unspecified atom stereocenters. The van der Waals surface area contributed by atoms with Gasteiger partial charge in [-0.3, -0.25) is 4.68 Å². The first-order valence-corrected chi connectivity index (χ1v) is 5.18. The lowest BCUT2D eigenvalue weighted by atomic mass is 10.2. The summed E-state index contributed by atoms with van der Waals surface area (Å²) in [4.78, 5) is 0. The maximum Gasteiger partial charge on any atom is 0.119 e. The zero-order valence-electron chi connectivity index (χ0n) is 8.91. The van der Waals surface area contributed by atoms with Crippen LogP contribution in [0.2, 0.25) is 0 Å². The van der Waals surface area contributed by atoms with Crippen molar-refractivity contribution >= 4 is 0 Å². The largest absolute Gasteiger partial charge is 0.491 e. The molecule has 16 heavy (non-hydrogen) atoms. The number of hydrogen-bond donors (Lipinski definition) is 1. The third-order valence-electron chi connectivity index (χ3n) is 2.19. The molecule has 0 radical (unpaired) electrons. The molecule has 0 spiro atoms. The molecule has 1 aromatic heterocycles. The predicted octanol–water partition coefficient (Wildman–Crippen LogP) is 1.30. The van der Waals surface area contributed by atoms with Crippen LogP contribution in [-0.4, -0.2) is 28.1 Å². The zero-order chi connectivity index (χ0) is 11.2. The Morgan fingerprint density at radius 3 is 2.69 bits per heavy atom. The summed E-state index contributed by atoms with van der Waals surface area (Å²) in [5.74, 6) is 0.776. The minimum Gasteiger partial charge on any atom is -0.491 e. The summed E-state index contributed by atoms with van der Waals surface area (Å²) in [6.07, 6.45) is 3.69. The molecule has 2 aromatic rings. The molecule has 0 saturated heterocycles. The van der Waals surface area contributed by atoms with Crippen molar-refractivity contribution in [2.24, 2.45) is 0 Å². The molecular weight excluding hydrogens is 204 g/mol. The van der Waals surface area contributed by atoms with Crippen LogP contribution in [0.3, 0.4) is 0 Å². The lowest BCUT2D eigenvalue weighted by Gasteiger charge is -2.05. The minimum absolute atomic E-state index is 0.0367. The highest BCUT2D eigenvalue weighted by Crippen LogP contribution is 2.12. The molecule has 0 aliphatic rings. The molecule has 0 saturated carbocycles. The maximum atomic E-state index is 8.62. The van der Waals surface area contributed by atoms with Gasteiger partial charge in [0.1, 0.15) is 12.4 Å². The average molecular weight is 218 g/mol. The van der Waals surface area contributed by atoms with Crippen LogP contribution in [0.5, 0.6) is 5.75 Å². The highest BCUT2D eigenvalue weighted by Gasteiger charge is 1.96. The van der Waals surface area contributed by atoms with Gasteiger partial charge in [-0.05, 0) is 23.8 Å². The Kier molecular flexibility index (Phi) is 3.56. The Morgan fingerprint density at radius 1 is 1.25 bits per heavy atom. The second-order valence-electron chi connectivity index (χ2n) is 3.42. The molecule has 1 aromatic carbocycles. The molecule has 0 aliphatic carbocycles. The smallest absolute Gasteiger partial charge is 0.119 e. The Labute approximate surface area is 94.1 Å². The second kappa shape index (κ2) is 5.32. The van der Waals surface area contributed by atoms with Crippen LogP contribution >= 0.6 is 0 Å². The Hall–Kier alpha value is -1.81. The van der Waals surface area contributed by atoms with Crippen molar-refractivity contribution in [2.45, 2.75) is 6.54 Å². The van der Waals surface area contributed by atoms with E-state index < -0.39 is 0 Å². The fourth-order valence-electron chi connectivity index (χ4n) is 1.44. The molecule has 0 bridgehead atoms. The number of aliphatic hydroxyl groups excluding tert-OH is 1. The van der Waals surface area contributed by atoms with Gasteiger partial charge in [0.05, 0.1) is 13.2 Å². The van der Waals surface area contributed by atoms with E-state index in [1.165, 1.54) is 5.56 Å². The van der Waals surface area contributed by atoms with Gasteiger partial charge in [0.2, 0.25) is 0 Å². The number of hydrogen-bond acceptors (Lipinski definition) is 3. The van der Waals surface area contributed by atoms with Crippen LogP contribution in [0.15, 0.2) is 42.7 Å². The second-order valence-corrected chi connectivity index (χ2v) is 3.42. The van der Waals surface area contributed by atoms with E-state index in [1.807, 2.05) is 41.2 Å². The number of nitrogens with zero attached hydrogens (tertiary/aromatic N) is 2. The molecule has 1 heterocycles. The lowest BCUT2D eigenvalue weighted by Crippen LogP contribution is -2.02. The van der Waals surface area contributed by atoms with Gasteiger partial charge in [-0.15, -0.1) is 0 Å². The summed E-state index contributed by atoms with van der Waals surface area (Å²) >= 11 is 0. The van der Waals surface area contributed by atoms with Crippen molar-refractivity contribution < 1.29 is 9.84 Å². The van der Waals surface area contributed by atoms with E-state index in [0.29, 0.717) is 6.61 Å². The number of rotatable bonds is 5. The van der Waals surface area contributed by atoms with Crippen molar-refractivity contribution in [1.29, 1.82) is 0 Å². The van der Waals surface area contributed by atoms with Gasteiger partial charge in [0, 0.05) is 12.4 Å². The summed E-state index contributed by atoms with van der Waals surface area (Å²) in [5.41, 5.74) is 1.17. The van der Waals surface area contributed by atoms with Crippen molar-refractivity contribution in [3.05, 3.63) is 48.3 Å². The predicted molar refractivity (Wildman–Crippen MR) is 60.4 cm³/mol. The Bertz CT molecular complexity index is 409. The van der Waals surface area contributed by atoms with Gasteiger partial charge in [-0.25, -0.2) is 0 Å². The van der Waals surface area contributed by atoms with E-state index >= 15 is 0 Å². The third-order valence-corrected chi connectivity index (χ3v) is 2.19. The van der Waals surface area contributed by atoms with E-state index in [0.717, 1.165) is 12.3 Å². The quantitative estimate of drug-likeness (QED) is 0.823. The SMILES string of the molecule is OCCOc1ccc(Cn2cccn2)cc1. The third kappa shape index (κ3) is 2.84. The number of benzene rings is 1. The minimum atomic E-state index is 0.0367. The van der Waals surface area contributed by atoms with E-state index in [1.54, 1.807) is 6.20 Å². The van der Waals surface area contributed by atoms with Gasteiger partial charge in [0.25, 0.3) is 0 Å². The normalized spacial score (nSPS) is 10.3. The van der Waals surface area contributed by atoms with Crippen LogP contribution < -0.4 is 4.74 Å². The first-order chi connectivity index (χ1) is 7.88. The molecule has 0 amide bonds. The highest BCUT2D eigenvalue weighted by atomic mass is 16.5. The molecule has 4 heteroatoms. The van der Waals surface area contributed by atoms with Crippen LogP contribution in [0.4, 0.5) is 0 Å². The summed E-state index contributed by atoms with van der Waals surface area (Å²) < 4.78 is 7.14. The Balaban J connectivity index is 1.96. The molecule has 0 atom stereocenters. The summed E-state index contributed by atoms with van der Waals surface area (Å²) in [6.45, 7) is 1.13. The number of aromatic nitrogens is 2. The van der Waals surface area contributed by atoms with Crippen LogP contribution in [0.25, 0.3) is 0 Å². The van der Waals surface area contributed by atoms with Gasteiger partial charge < -0.3 is 9.84 Å². The highest BCUT2D eigenvalue weighted by molar-refractivity contribution is 5.27. The standard InChI is InChI=1S/C12H14N2O2/c15-8-9-16-12-4-2-11(3-5-12)10-14-7-1-6-13-14/h1-7,15H,8-10H2. The number of aliphatic hydroxyl groups is 1. The molecule has 2 rings (SSSR count). The van der Waals surface area contributed by atoms with Gasteiger partial charge in [-0.2, -0.15) is 5.10 Å². The fraction of sp³-hybridized carbons (Fsp3) is 0.250. The summed E-state index contributed by atoms with van der Waals surface area (Å²) in [7, 11) is 0. The zero-order valence-corrected chi connectivity index (χ0v) is 8.91. The van der Waals surface area contributed by atoms with Crippen molar-refractivity contribution in [1.82, 2.24) is 9.78 Å². The lowest BCUT2D eigenvalue weighted by molar-refractivity contribution is 0.201. The van der Waals surface area contributed by atoms with Gasteiger partial charge in [-0.1, -0.05) is 12.1 Å². The topological polar surface area (TPSA) is 47.3 Å². The summed E-state index contributed by atoms with van der Waals surface area (Å²) in [6, 6.07) is 9.69.